The molecule has 1 aromatic carbocycles. The Kier molecular flexibility index (Phi) is 2.47. The van der Waals surface area contributed by atoms with Crippen LogP contribution in [0.5, 0.6) is 5.75 Å². The summed E-state index contributed by atoms with van der Waals surface area (Å²) < 4.78 is 5.27. The molecular weight excluding hydrogens is 228 g/mol. The monoisotopic (exact) mass is 246 g/mol. The minimum absolute atomic E-state index is 0.139. The second-order valence-electron chi connectivity index (χ2n) is 5.13. The fourth-order valence-corrected chi connectivity index (χ4v) is 3.17. The van der Waals surface area contributed by atoms with Crippen molar-refractivity contribution in [2.24, 2.45) is 0 Å². The number of fused-ring (bicyclic) bond motifs is 1. The number of hydrogen-bond donors (Lipinski definition) is 1. The van der Waals surface area contributed by atoms with Gasteiger partial charge in [0.1, 0.15) is 11.3 Å². The van der Waals surface area contributed by atoms with E-state index in [0.717, 1.165) is 42.8 Å². The molecule has 1 saturated carbocycles. The third-order valence-electron chi connectivity index (χ3n) is 4.31. The summed E-state index contributed by atoms with van der Waals surface area (Å²) in [5.41, 5.74) is 1.58. The Bertz CT molecular complexity index is 493. The van der Waals surface area contributed by atoms with Crippen LogP contribution in [-0.4, -0.2) is 25.6 Å². The van der Waals surface area contributed by atoms with Crippen molar-refractivity contribution in [1.82, 2.24) is 0 Å². The van der Waals surface area contributed by atoms with Crippen molar-refractivity contribution in [2.45, 2.75) is 31.2 Å². The molecule has 0 saturated heterocycles. The molecule has 1 fully saturated rings. The Labute approximate surface area is 107 Å². The van der Waals surface area contributed by atoms with E-state index in [4.69, 9.17) is 4.74 Å². The van der Waals surface area contributed by atoms with Gasteiger partial charge in [-0.2, -0.15) is 0 Å². The number of rotatable bonds is 1. The average molecular weight is 246 g/mol. The van der Waals surface area contributed by atoms with Crippen molar-refractivity contribution in [3.05, 3.63) is 18.2 Å². The molecule has 1 amide bonds. The van der Waals surface area contributed by atoms with Crippen LogP contribution in [0.1, 0.15) is 25.7 Å². The minimum Gasteiger partial charge on any atom is -0.497 e. The summed E-state index contributed by atoms with van der Waals surface area (Å²) >= 11 is 0. The van der Waals surface area contributed by atoms with Crippen LogP contribution in [-0.2, 0) is 4.79 Å². The lowest BCUT2D eigenvalue weighted by Gasteiger charge is -2.43. The average Bonchev–Trinajstić information content (AvgIpc) is 2.87. The van der Waals surface area contributed by atoms with Crippen LogP contribution in [0, 0.1) is 0 Å². The first-order valence-electron chi connectivity index (χ1n) is 6.41. The maximum atomic E-state index is 12.4. The van der Waals surface area contributed by atoms with E-state index < -0.39 is 0 Å². The highest BCUT2D eigenvalue weighted by molar-refractivity contribution is 6.06. The Morgan fingerprint density at radius 3 is 2.72 bits per heavy atom. The van der Waals surface area contributed by atoms with Crippen molar-refractivity contribution in [1.29, 1.82) is 0 Å². The zero-order valence-electron chi connectivity index (χ0n) is 10.8. The number of anilines is 2. The maximum absolute atomic E-state index is 12.4. The van der Waals surface area contributed by atoms with Gasteiger partial charge in [-0.1, -0.05) is 12.8 Å². The molecule has 2 aliphatic rings. The van der Waals surface area contributed by atoms with Gasteiger partial charge in [0, 0.05) is 13.1 Å². The number of benzene rings is 1. The molecule has 1 aliphatic carbocycles. The highest BCUT2D eigenvalue weighted by Crippen LogP contribution is 2.45. The van der Waals surface area contributed by atoms with E-state index in [-0.39, 0.29) is 11.4 Å². The summed E-state index contributed by atoms with van der Waals surface area (Å²) in [5.74, 6) is 0.963. The summed E-state index contributed by atoms with van der Waals surface area (Å²) in [7, 11) is 3.68. The first kappa shape index (κ1) is 11.4. The lowest BCUT2D eigenvalue weighted by Crippen LogP contribution is -2.56. The molecule has 0 unspecified atom stereocenters. The molecule has 1 heterocycles. The second kappa shape index (κ2) is 3.90. The molecule has 1 spiro atoms. The van der Waals surface area contributed by atoms with Crippen molar-refractivity contribution in [3.8, 4) is 5.75 Å². The number of nitrogens with one attached hydrogen (secondary N) is 1. The van der Waals surface area contributed by atoms with E-state index in [2.05, 4.69) is 10.2 Å². The second-order valence-corrected chi connectivity index (χ2v) is 5.13. The molecule has 0 bridgehead atoms. The van der Waals surface area contributed by atoms with E-state index in [0.29, 0.717) is 0 Å². The van der Waals surface area contributed by atoms with E-state index in [1.165, 1.54) is 0 Å². The SMILES string of the molecule is COc1ccc2c(c1)N(C)C1(CCCC1)C(=O)N2. The van der Waals surface area contributed by atoms with Crippen LogP contribution in [0.25, 0.3) is 0 Å². The van der Waals surface area contributed by atoms with Crippen LogP contribution in [0.2, 0.25) is 0 Å². The standard InChI is InChI=1S/C14H18N2O2/c1-16-12-9-10(18-2)5-6-11(12)15-13(17)14(16)7-3-4-8-14/h5-6,9H,3-4,7-8H2,1-2H3,(H,15,17). The lowest BCUT2D eigenvalue weighted by molar-refractivity contribution is -0.121. The first-order valence-corrected chi connectivity index (χ1v) is 6.41. The zero-order valence-corrected chi connectivity index (χ0v) is 10.8. The van der Waals surface area contributed by atoms with Gasteiger partial charge in [-0.25, -0.2) is 0 Å². The van der Waals surface area contributed by atoms with Gasteiger partial charge < -0.3 is 15.0 Å². The van der Waals surface area contributed by atoms with Crippen LogP contribution in [0.15, 0.2) is 18.2 Å². The summed E-state index contributed by atoms with van der Waals surface area (Å²) in [6, 6.07) is 5.78. The van der Waals surface area contributed by atoms with Crippen LogP contribution >= 0.6 is 0 Å². The van der Waals surface area contributed by atoms with Gasteiger partial charge in [0.25, 0.3) is 0 Å². The molecule has 4 nitrogen and oxygen atoms in total. The van der Waals surface area contributed by atoms with Crippen LogP contribution < -0.4 is 15.0 Å². The lowest BCUT2D eigenvalue weighted by atomic mass is 9.91. The molecule has 1 aromatic rings. The summed E-state index contributed by atoms with van der Waals surface area (Å²) in [5, 5.41) is 3.04. The molecule has 0 atom stereocenters. The van der Waals surface area contributed by atoms with Gasteiger partial charge in [-0.05, 0) is 25.0 Å². The molecule has 0 aromatic heterocycles. The van der Waals surface area contributed by atoms with Crippen molar-refractivity contribution in [3.63, 3.8) is 0 Å². The van der Waals surface area contributed by atoms with Crippen molar-refractivity contribution >= 4 is 17.3 Å². The number of ether oxygens (including phenoxy) is 1. The van der Waals surface area contributed by atoms with E-state index in [1.54, 1.807) is 7.11 Å². The number of hydrogen-bond acceptors (Lipinski definition) is 3. The van der Waals surface area contributed by atoms with Gasteiger partial charge in [-0.15, -0.1) is 0 Å². The van der Waals surface area contributed by atoms with Gasteiger partial charge in [0.05, 0.1) is 18.5 Å². The predicted octanol–water partition coefficient (Wildman–Crippen LogP) is 2.40. The fraction of sp³-hybridized carbons (Fsp3) is 0.500. The highest BCUT2D eigenvalue weighted by atomic mass is 16.5. The van der Waals surface area contributed by atoms with Crippen LogP contribution in [0.4, 0.5) is 11.4 Å². The van der Waals surface area contributed by atoms with Gasteiger partial charge in [-0.3, -0.25) is 4.79 Å². The fourth-order valence-electron chi connectivity index (χ4n) is 3.17. The molecular formula is C14H18N2O2. The van der Waals surface area contributed by atoms with Crippen molar-refractivity contribution < 1.29 is 9.53 Å². The van der Waals surface area contributed by atoms with Crippen LogP contribution in [0.3, 0.4) is 0 Å². The maximum Gasteiger partial charge on any atom is 0.250 e. The summed E-state index contributed by atoms with van der Waals surface area (Å²) in [6.45, 7) is 0. The number of nitrogens with zero attached hydrogens (tertiary/aromatic N) is 1. The predicted molar refractivity (Wildman–Crippen MR) is 71.2 cm³/mol. The molecule has 96 valence electrons. The summed E-state index contributed by atoms with van der Waals surface area (Å²) in [6.07, 6.45) is 4.12. The Hall–Kier alpha value is -1.71. The van der Waals surface area contributed by atoms with Gasteiger partial charge >= 0.3 is 0 Å². The molecule has 4 heteroatoms. The third kappa shape index (κ3) is 1.41. The molecule has 0 radical (unpaired) electrons. The highest BCUT2D eigenvalue weighted by Gasteiger charge is 2.48. The Balaban J connectivity index is 2.08. The van der Waals surface area contributed by atoms with E-state index in [9.17, 15) is 4.79 Å². The molecule has 18 heavy (non-hydrogen) atoms. The number of amides is 1. The molecule has 1 N–H and O–H groups in total. The number of likely N-dealkylation sites (N-methyl/N-ethyl adjacent to an activating group) is 1. The number of carbonyl (C=O) groups is 1. The third-order valence-corrected chi connectivity index (χ3v) is 4.31. The largest absolute Gasteiger partial charge is 0.497 e. The minimum atomic E-state index is -0.348. The van der Waals surface area contributed by atoms with E-state index in [1.807, 2.05) is 25.2 Å². The normalized spacial score (nSPS) is 20.8. The quantitative estimate of drug-likeness (QED) is 0.827. The smallest absolute Gasteiger partial charge is 0.250 e. The van der Waals surface area contributed by atoms with Gasteiger partial charge in [0.15, 0.2) is 0 Å². The zero-order chi connectivity index (χ0) is 12.8. The Morgan fingerprint density at radius 1 is 1.33 bits per heavy atom. The van der Waals surface area contributed by atoms with Crippen molar-refractivity contribution in [2.75, 3.05) is 24.4 Å². The molecule has 3 rings (SSSR count). The number of methoxy groups -OCH3 is 1. The summed E-state index contributed by atoms with van der Waals surface area (Å²) in [4.78, 5) is 14.5. The number of carbonyl (C=O) groups excluding carboxylic acids is 1. The van der Waals surface area contributed by atoms with E-state index >= 15 is 0 Å². The Morgan fingerprint density at radius 2 is 2.06 bits per heavy atom. The molecule has 1 aliphatic heterocycles. The van der Waals surface area contributed by atoms with Gasteiger partial charge in [0.2, 0.25) is 5.91 Å². The first-order chi connectivity index (χ1) is 8.67. The topological polar surface area (TPSA) is 41.6 Å².